The van der Waals surface area contributed by atoms with Crippen molar-refractivity contribution in [3.8, 4) is 5.75 Å². The van der Waals surface area contributed by atoms with E-state index in [1.54, 1.807) is 12.1 Å². The molecule has 0 spiro atoms. The first kappa shape index (κ1) is 62.1. The third kappa shape index (κ3) is 17.3. The van der Waals surface area contributed by atoms with Gasteiger partial charge in [-0.15, -0.1) is 9.45 Å². The fourth-order valence-electron chi connectivity index (χ4n) is 5.68. The van der Waals surface area contributed by atoms with Gasteiger partial charge in [0.2, 0.25) is 11.9 Å². The first-order chi connectivity index (χ1) is 30.8. The fraction of sp³-hybridized carbons (Fsp3) is 0.158. The molecule has 4 N–H and O–H groups in total. The molecule has 1 aromatic heterocycles. The number of benzene rings is 5. The van der Waals surface area contributed by atoms with Crippen LogP contribution in [0.5, 0.6) is 5.75 Å². The Morgan fingerprint density at radius 1 is 0.826 bits per heavy atom. The van der Waals surface area contributed by atoms with Crippen molar-refractivity contribution in [2.75, 3.05) is 49.5 Å². The number of carbonyl (C=O) groups excluding carboxylic acids is 1. The van der Waals surface area contributed by atoms with Crippen LogP contribution >= 0.6 is 24.4 Å². The quantitative estimate of drug-likeness (QED) is 0.00846. The number of anilines is 5. The first-order valence-electron chi connectivity index (χ1n) is 18.1. The van der Waals surface area contributed by atoms with E-state index in [0.29, 0.717) is 10.2 Å². The molecule has 1 amide bonds. The van der Waals surface area contributed by atoms with Crippen LogP contribution in [-0.2, 0) is 42.9 Å². The van der Waals surface area contributed by atoms with Gasteiger partial charge in [0, 0.05) is 34.5 Å². The minimum absolute atomic E-state index is 0. The number of carbonyl (C=O) groups is 1. The maximum Gasteiger partial charge on any atom is 1.00 e. The van der Waals surface area contributed by atoms with Crippen molar-refractivity contribution in [1.29, 1.82) is 0 Å². The Bertz CT molecular complexity index is 2970. The van der Waals surface area contributed by atoms with E-state index in [1.807, 2.05) is 33.3 Å². The average molecular weight is 1060 g/mol. The molecular formula is C38H36FN9Na3O14S4+. The van der Waals surface area contributed by atoms with E-state index in [0.717, 1.165) is 17.8 Å². The largest absolute Gasteiger partial charge is 1.00 e. The Kier molecular flexibility index (Phi) is 25.0. The van der Waals surface area contributed by atoms with Crippen LogP contribution in [0.3, 0.4) is 0 Å². The second kappa shape index (κ2) is 27.7. The molecule has 31 heteroatoms. The van der Waals surface area contributed by atoms with Crippen LogP contribution in [0, 0.1) is 6.08 Å². The molecule has 0 fully saturated rings. The number of rotatable bonds is 20. The minimum Gasteiger partial charge on any atom is -0.744 e. The molecule has 0 unspecified atom stereocenters. The summed E-state index contributed by atoms with van der Waals surface area (Å²) in [5, 5.41) is 54.5. The van der Waals surface area contributed by atoms with Crippen molar-refractivity contribution in [3.63, 3.8) is 0 Å². The summed E-state index contributed by atoms with van der Waals surface area (Å²) in [6.07, 6.45) is -1.26. The van der Waals surface area contributed by atoms with Gasteiger partial charge in [0.05, 0.1) is 71.6 Å². The van der Waals surface area contributed by atoms with Crippen molar-refractivity contribution in [3.05, 3.63) is 103 Å². The Morgan fingerprint density at radius 3 is 2.10 bits per heavy atom. The summed E-state index contributed by atoms with van der Waals surface area (Å²) in [4.78, 5) is 23.3. The van der Waals surface area contributed by atoms with Crippen LogP contribution in [0.25, 0.3) is 10.8 Å². The zero-order valence-electron chi connectivity index (χ0n) is 36.5. The van der Waals surface area contributed by atoms with E-state index in [-0.39, 0.29) is 176 Å². The fourth-order valence-corrected chi connectivity index (χ4v) is 8.27. The first-order valence-corrected chi connectivity index (χ1v) is 22.5. The number of hydrogen-bond acceptors (Lipinski definition) is 23. The van der Waals surface area contributed by atoms with Crippen molar-refractivity contribution < 1.29 is 158 Å². The number of sulfone groups is 1. The topological polar surface area (TPSA) is 320 Å². The number of halogens is 1. The number of hydrogen-bond donors (Lipinski definition) is 4. The van der Waals surface area contributed by atoms with Gasteiger partial charge in [-0.05, 0) is 78.2 Å². The molecule has 350 valence electrons. The van der Waals surface area contributed by atoms with Gasteiger partial charge in [-0.1, -0.05) is 13.5 Å². The summed E-state index contributed by atoms with van der Waals surface area (Å²) in [5.41, 5.74) is 1.05. The molecular weight excluding hydrogens is 1020 g/mol. The van der Waals surface area contributed by atoms with Crippen LogP contribution in [0.1, 0.15) is 17.8 Å². The molecule has 0 aliphatic carbocycles. The minimum atomic E-state index is -5.27. The number of fused-ring (bicyclic) bond motifs is 1. The van der Waals surface area contributed by atoms with Crippen LogP contribution in [-0.4, -0.2) is 80.9 Å². The molecule has 6 rings (SSSR count). The van der Waals surface area contributed by atoms with Crippen molar-refractivity contribution in [2.24, 2.45) is 10.2 Å². The molecule has 1 heterocycles. The number of aromatic hydroxyl groups is 1. The normalized spacial score (nSPS) is 11.5. The number of phenolic OH excluding ortho intramolecular Hbond substituents is 1. The van der Waals surface area contributed by atoms with E-state index in [1.165, 1.54) is 54.6 Å². The monoisotopic (exact) mass is 1060 g/mol. The van der Waals surface area contributed by atoms with Crippen LogP contribution < -0.4 is 120 Å². The Hall–Kier alpha value is -2.99. The molecule has 6 aromatic rings. The molecule has 0 atom stereocenters. The van der Waals surface area contributed by atoms with Gasteiger partial charge in [-0.25, -0.2) is 16.8 Å². The zero-order valence-corrected chi connectivity index (χ0v) is 45.8. The van der Waals surface area contributed by atoms with E-state index < -0.39 is 60.0 Å². The number of aromatic nitrogens is 3. The van der Waals surface area contributed by atoms with E-state index in [4.69, 9.17) is 4.18 Å². The summed E-state index contributed by atoms with van der Waals surface area (Å²) in [6, 6.07) is 21.2. The van der Waals surface area contributed by atoms with Crippen LogP contribution in [0.4, 0.5) is 50.4 Å². The van der Waals surface area contributed by atoms with E-state index in [2.05, 4.69) is 59.9 Å². The molecule has 0 aliphatic heterocycles. The van der Waals surface area contributed by atoms with Gasteiger partial charge in [0.15, 0.2) is 27.9 Å². The van der Waals surface area contributed by atoms with Crippen molar-refractivity contribution in [1.82, 2.24) is 19.4 Å². The van der Waals surface area contributed by atoms with E-state index >= 15 is 0 Å². The maximum absolute atomic E-state index is 14.7. The predicted octanol–water partition coefficient (Wildman–Crippen LogP) is -3.42. The number of azo groups is 1. The number of phenols is 1. The molecule has 0 saturated heterocycles. The second-order valence-corrected chi connectivity index (χ2v) is 18.7. The van der Waals surface area contributed by atoms with E-state index in [9.17, 15) is 46.2 Å². The van der Waals surface area contributed by atoms with Crippen molar-refractivity contribution >= 4 is 107 Å². The van der Waals surface area contributed by atoms with Gasteiger partial charge >= 0.3 is 94.8 Å². The number of amides is 1. The second-order valence-electron chi connectivity index (χ2n) is 13.9. The van der Waals surface area contributed by atoms with Gasteiger partial charge in [0.1, 0.15) is 21.5 Å². The third-order valence-corrected chi connectivity index (χ3v) is 12.3. The van der Waals surface area contributed by atoms with Gasteiger partial charge in [-0.3, -0.25) is 23.5 Å². The molecule has 0 saturated carbocycles. The van der Waals surface area contributed by atoms with Crippen LogP contribution in [0.2, 0.25) is 0 Å². The summed E-state index contributed by atoms with van der Waals surface area (Å²) >= 11 is 0.431. The average Bonchev–Trinajstić information content (AvgIpc) is 3.25. The standard InChI is InChI=1S/C37H34FN9O14S4.CH4.3Na/c1-47(2,3)26-13-11-23(12-14-26)40-36-42-35(38)43-37(44-36)41-29-20-28-22(18-31(29)65(54,55)56)17-30(62-60-58-50)32(33(28)48)46-45-24-9-7-21(8-10-24)34(49)39-25-5-4-6-27(19-25)64(52,53)16-15-57-63-61-59-51;;;;/h4-14,17-20H,15-16H2,1-3H3,(H6-,39,40,41,42,43,44,45,46,48,49,50,51,54,55,56);1H4;;;/q;;3*+1/p-2. The molecule has 0 bridgehead atoms. The molecule has 5 aromatic carbocycles. The maximum atomic E-state index is 14.7. The Morgan fingerprint density at radius 2 is 1.48 bits per heavy atom. The summed E-state index contributed by atoms with van der Waals surface area (Å²) < 4.78 is 91.3. The molecule has 0 aliphatic rings. The third-order valence-electron chi connectivity index (χ3n) is 8.71. The molecule has 0 radical (unpaired) electrons. The van der Waals surface area contributed by atoms with Gasteiger partial charge in [0.25, 0.3) is 5.91 Å². The Labute approximate surface area is 469 Å². The van der Waals surface area contributed by atoms with Gasteiger partial charge < -0.3 is 36.1 Å². The van der Waals surface area contributed by atoms with Gasteiger partial charge in [-0.2, -0.15) is 28.8 Å². The SMILES string of the molecule is C.C[N+](C)(C)c1ccc(Nc2nc(F)nc(Nc3cc4c(O)c(N=Nc5ccc(C(=O)Nc6cccc(S(=O)(=O)CCOSOO[O-])c6)cc5)c(SOO[O-])cc4cc3S(=O)(=O)[O-])n2)cc1.[Na+].[Na+].[Na+]. The van der Waals surface area contributed by atoms with Crippen LogP contribution in [0.15, 0.2) is 116 Å². The van der Waals surface area contributed by atoms with Crippen molar-refractivity contribution in [2.45, 2.75) is 22.1 Å². The predicted molar refractivity (Wildman–Crippen MR) is 233 cm³/mol. The summed E-state index contributed by atoms with van der Waals surface area (Å²) in [5.74, 6) is -2.55. The molecule has 69 heavy (non-hydrogen) atoms. The molecule has 23 nitrogen and oxygen atoms in total. The smallest absolute Gasteiger partial charge is 0.744 e. The Balaban J connectivity index is 0.00000408. The zero-order chi connectivity index (χ0) is 46.9. The number of nitrogens with zero attached hydrogens (tertiary/aromatic N) is 6. The number of quaternary nitrogens is 1. The summed E-state index contributed by atoms with van der Waals surface area (Å²) in [6.45, 7) is -0.340. The summed E-state index contributed by atoms with van der Waals surface area (Å²) in [7, 11) is -3.22. The number of nitrogens with one attached hydrogen (secondary N) is 3.